The Kier molecular flexibility index (Phi) is 10.8. The molecular formula is C18H36N2. The van der Waals surface area contributed by atoms with E-state index in [4.69, 9.17) is 5.73 Å². The summed E-state index contributed by atoms with van der Waals surface area (Å²) in [5, 5.41) is 0. The van der Waals surface area contributed by atoms with Crippen LogP contribution < -0.4 is 5.73 Å². The fraction of sp³-hybridized carbons (Fsp3) is 0.778. The number of hydrogen-bond donors (Lipinski definition) is 1. The predicted octanol–water partition coefficient (Wildman–Crippen LogP) is 4.38. The van der Waals surface area contributed by atoms with Gasteiger partial charge < -0.3 is 5.73 Å². The molecule has 1 rings (SSSR count). The van der Waals surface area contributed by atoms with Gasteiger partial charge in [0.25, 0.3) is 0 Å². The van der Waals surface area contributed by atoms with Gasteiger partial charge in [-0.3, -0.25) is 4.90 Å². The van der Waals surface area contributed by atoms with E-state index in [-0.39, 0.29) is 0 Å². The van der Waals surface area contributed by atoms with Crippen LogP contribution in [0.25, 0.3) is 0 Å². The SMILES string of the molecule is C/C=C\C=C(/C)CN1CCC(CN)(CCC)CC1.CC. The Hall–Kier alpha value is -0.600. The molecule has 0 aromatic heterocycles. The van der Waals surface area contributed by atoms with Crippen LogP contribution in [0.3, 0.4) is 0 Å². The lowest BCUT2D eigenvalue weighted by molar-refractivity contribution is 0.107. The fourth-order valence-electron chi connectivity index (χ4n) is 2.94. The highest BCUT2D eigenvalue weighted by Gasteiger charge is 2.32. The molecule has 1 aliphatic heterocycles. The molecular weight excluding hydrogens is 244 g/mol. The van der Waals surface area contributed by atoms with E-state index in [0.717, 1.165) is 13.1 Å². The molecule has 1 saturated heterocycles. The van der Waals surface area contributed by atoms with E-state index < -0.39 is 0 Å². The van der Waals surface area contributed by atoms with Crippen LogP contribution in [0.5, 0.6) is 0 Å². The third kappa shape index (κ3) is 6.71. The van der Waals surface area contributed by atoms with E-state index in [9.17, 15) is 0 Å². The summed E-state index contributed by atoms with van der Waals surface area (Å²) in [6, 6.07) is 0. The van der Waals surface area contributed by atoms with E-state index in [1.54, 1.807) is 0 Å². The number of nitrogens with zero attached hydrogens (tertiary/aromatic N) is 1. The lowest BCUT2D eigenvalue weighted by atomic mass is 9.75. The highest BCUT2D eigenvalue weighted by molar-refractivity contribution is 5.11. The first-order chi connectivity index (χ1) is 9.65. The lowest BCUT2D eigenvalue weighted by Gasteiger charge is -2.41. The van der Waals surface area contributed by atoms with Gasteiger partial charge in [0.15, 0.2) is 0 Å². The summed E-state index contributed by atoms with van der Waals surface area (Å²) in [6.45, 7) is 14.9. The minimum atomic E-state index is 0.437. The van der Waals surface area contributed by atoms with Crippen LogP contribution in [0.1, 0.15) is 60.3 Å². The monoisotopic (exact) mass is 280 g/mol. The van der Waals surface area contributed by atoms with Crippen molar-refractivity contribution in [1.29, 1.82) is 0 Å². The summed E-state index contributed by atoms with van der Waals surface area (Å²) in [6.07, 6.45) is 11.5. The zero-order valence-corrected chi connectivity index (χ0v) is 14.4. The fourth-order valence-corrected chi connectivity index (χ4v) is 2.94. The zero-order valence-electron chi connectivity index (χ0n) is 14.4. The van der Waals surface area contributed by atoms with Crippen LogP contribution in [-0.4, -0.2) is 31.1 Å². The van der Waals surface area contributed by atoms with E-state index >= 15 is 0 Å². The Bertz CT molecular complexity index is 284. The second kappa shape index (κ2) is 11.1. The first-order valence-corrected chi connectivity index (χ1v) is 8.36. The second-order valence-electron chi connectivity index (χ2n) is 5.77. The van der Waals surface area contributed by atoms with Gasteiger partial charge in [0.05, 0.1) is 0 Å². The number of allylic oxidation sites excluding steroid dienone is 3. The molecule has 2 heteroatoms. The average Bonchev–Trinajstić information content (AvgIpc) is 2.49. The molecule has 0 amide bonds. The van der Waals surface area contributed by atoms with Gasteiger partial charge in [0, 0.05) is 6.54 Å². The first kappa shape index (κ1) is 19.4. The molecule has 1 fully saturated rings. The largest absolute Gasteiger partial charge is 0.330 e. The predicted molar refractivity (Wildman–Crippen MR) is 92.0 cm³/mol. The summed E-state index contributed by atoms with van der Waals surface area (Å²) in [7, 11) is 0. The number of piperidine rings is 1. The first-order valence-electron chi connectivity index (χ1n) is 8.36. The van der Waals surface area contributed by atoms with Gasteiger partial charge in [-0.25, -0.2) is 0 Å². The maximum atomic E-state index is 6.00. The molecule has 2 nitrogen and oxygen atoms in total. The molecule has 20 heavy (non-hydrogen) atoms. The van der Waals surface area contributed by atoms with Crippen molar-refractivity contribution in [2.24, 2.45) is 11.1 Å². The van der Waals surface area contributed by atoms with Crippen molar-refractivity contribution in [3.8, 4) is 0 Å². The van der Waals surface area contributed by atoms with Crippen molar-refractivity contribution >= 4 is 0 Å². The van der Waals surface area contributed by atoms with Gasteiger partial charge in [0.2, 0.25) is 0 Å². The Morgan fingerprint density at radius 3 is 2.30 bits per heavy atom. The maximum absolute atomic E-state index is 6.00. The highest BCUT2D eigenvalue weighted by atomic mass is 15.1. The molecule has 0 unspecified atom stereocenters. The van der Waals surface area contributed by atoms with Crippen LogP contribution in [0.4, 0.5) is 0 Å². The average molecular weight is 280 g/mol. The van der Waals surface area contributed by atoms with Crippen molar-refractivity contribution in [1.82, 2.24) is 4.90 Å². The molecule has 2 N–H and O–H groups in total. The topological polar surface area (TPSA) is 29.3 Å². The number of rotatable bonds is 6. The molecule has 1 heterocycles. The molecule has 0 saturated carbocycles. The minimum Gasteiger partial charge on any atom is -0.330 e. The van der Waals surface area contributed by atoms with E-state index in [1.165, 1.54) is 44.3 Å². The third-order valence-corrected chi connectivity index (χ3v) is 4.18. The maximum Gasteiger partial charge on any atom is 0.0193 e. The molecule has 0 aromatic carbocycles. The smallest absolute Gasteiger partial charge is 0.0193 e. The highest BCUT2D eigenvalue weighted by Crippen LogP contribution is 2.35. The third-order valence-electron chi connectivity index (χ3n) is 4.18. The standard InChI is InChI=1S/C16H30N2.C2H6/c1-4-6-7-15(3)13-18-11-9-16(14-17,8-5-2)10-12-18;1-2/h4,6-7H,5,8-14,17H2,1-3H3;1-2H3/b6-4-,15-7+;. The number of hydrogen-bond acceptors (Lipinski definition) is 2. The summed E-state index contributed by atoms with van der Waals surface area (Å²) < 4.78 is 0. The van der Waals surface area contributed by atoms with Crippen LogP contribution in [-0.2, 0) is 0 Å². The van der Waals surface area contributed by atoms with Gasteiger partial charge in [-0.05, 0) is 58.2 Å². The minimum absolute atomic E-state index is 0.437. The molecule has 0 bridgehead atoms. The molecule has 0 atom stereocenters. The summed E-state index contributed by atoms with van der Waals surface area (Å²) in [5.41, 5.74) is 7.88. The van der Waals surface area contributed by atoms with Crippen molar-refractivity contribution in [2.75, 3.05) is 26.2 Å². The Labute approximate surface area is 127 Å². The number of nitrogens with two attached hydrogens (primary N) is 1. The van der Waals surface area contributed by atoms with E-state index in [1.807, 2.05) is 13.8 Å². The van der Waals surface area contributed by atoms with Gasteiger partial charge in [0.1, 0.15) is 0 Å². The summed E-state index contributed by atoms with van der Waals surface area (Å²) >= 11 is 0. The molecule has 0 spiro atoms. The van der Waals surface area contributed by atoms with Crippen LogP contribution in [0, 0.1) is 5.41 Å². The van der Waals surface area contributed by atoms with Gasteiger partial charge in [-0.15, -0.1) is 0 Å². The van der Waals surface area contributed by atoms with Crippen molar-refractivity contribution in [3.05, 3.63) is 23.8 Å². The Morgan fingerprint density at radius 1 is 1.25 bits per heavy atom. The molecule has 118 valence electrons. The van der Waals surface area contributed by atoms with Crippen molar-refractivity contribution < 1.29 is 0 Å². The lowest BCUT2D eigenvalue weighted by Crippen LogP contribution is -2.44. The van der Waals surface area contributed by atoms with Crippen molar-refractivity contribution in [2.45, 2.75) is 60.3 Å². The zero-order chi connectivity index (χ0) is 15.4. The summed E-state index contributed by atoms with van der Waals surface area (Å²) in [4.78, 5) is 2.57. The van der Waals surface area contributed by atoms with Gasteiger partial charge in [-0.1, -0.05) is 51.0 Å². The van der Waals surface area contributed by atoms with Crippen molar-refractivity contribution in [3.63, 3.8) is 0 Å². The molecule has 0 aliphatic carbocycles. The van der Waals surface area contributed by atoms with Crippen LogP contribution in [0.2, 0.25) is 0 Å². The Balaban J connectivity index is 0.00000172. The molecule has 0 aromatic rings. The number of likely N-dealkylation sites (tertiary alicyclic amines) is 1. The Morgan fingerprint density at radius 2 is 1.85 bits per heavy atom. The van der Waals surface area contributed by atoms with Crippen LogP contribution in [0.15, 0.2) is 23.8 Å². The molecule has 1 aliphatic rings. The van der Waals surface area contributed by atoms with E-state index in [0.29, 0.717) is 5.41 Å². The van der Waals surface area contributed by atoms with E-state index in [2.05, 4.69) is 43.9 Å². The molecule has 0 radical (unpaired) electrons. The van der Waals surface area contributed by atoms with Gasteiger partial charge >= 0.3 is 0 Å². The second-order valence-corrected chi connectivity index (χ2v) is 5.77. The quantitative estimate of drug-likeness (QED) is 0.732. The van der Waals surface area contributed by atoms with Gasteiger partial charge in [-0.2, -0.15) is 0 Å². The van der Waals surface area contributed by atoms with Crippen LogP contribution >= 0.6 is 0 Å². The normalized spacial score (nSPS) is 19.8. The summed E-state index contributed by atoms with van der Waals surface area (Å²) in [5.74, 6) is 0.